The summed E-state index contributed by atoms with van der Waals surface area (Å²) in [5, 5.41) is 9.82. The van der Waals surface area contributed by atoms with Gasteiger partial charge in [-0.25, -0.2) is 4.57 Å². The maximum absolute atomic E-state index is 12.9. The normalized spacial score (nSPS) is 14.0. The van der Waals surface area contributed by atoms with Crippen molar-refractivity contribution in [3.63, 3.8) is 0 Å². The minimum atomic E-state index is -4.77. The predicted octanol–water partition coefficient (Wildman–Crippen LogP) is 18.0. The van der Waals surface area contributed by atoms with E-state index in [-0.39, 0.29) is 25.9 Å². The topological polar surface area (TPSA) is 155 Å². The van der Waals surface area contributed by atoms with Gasteiger partial charge in [-0.3, -0.25) is 23.4 Å². The molecule has 0 saturated carbocycles. The number of carbonyl (C=O) groups excluding carboxylic acids is 3. The molecule has 0 aromatic rings. The molecule has 0 amide bonds. The van der Waals surface area contributed by atoms with Gasteiger partial charge in [0, 0.05) is 19.3 Å². The Labute approximate surface area is 463 Å². The molecule has 0 aliphatic carbocycles. The van der Waals surface area contributed by atoms with Gasteiger partial charge in [0.15, 0.2) is 6.10 Å². The van der Waals surface area contributed by atoms with Gasteiger partial charge >= 0.3 is 25.7 Å². The predicted molar refractivity (Wildman–Crippen MR) is 316 cm³/mol. The fourth-order valence-electron chi connectivity index (χ4n) is 7.89. The molecule has 2 N–H and O–H groups in total. The summed E-state index contributed by atoms with van der Waals surface area (Å²) in [5.74, 6) is -1.56. The number of unbranched alkanes of at least 4 members (excludes halogenated alkanes) is 22. The van der Waals surface area contributed by atoms with Crippen LogP contribution in [0.1, 0.15) is 252 Å². The molecule has 0 radical (unpaired) electrons. The lowest BCUT2D eigenvalue weighted by Crippen LogP contribution is -2.30. The highest BCUT2D eigenvalue weighted by molar-refractivity contribution is 7.47. The van der Waals surface area contributed by atoms with Gasteiger partial charge in [-0.1, -0.05) is 214 Å². The van der Waals surface area contributed by atoms with Gasteiger partial charge in [0.05, 0.1) is 19.8 Å². The maximum Gasteiger partial charge on any atom is 0.472 e. The van der Waals surface area contributed by atoms with E-state index in [0.29, 0.717) is 25.7 Å². The van der Waals surface area contributed by atoms with Gasteiger partial charge in [0.25, 0.3) is 0 Å². The van der Waals surface area contributed by atoms with E-state index in [1.807, 2.05) is 12.2 Å². The summed E-state index contributed by atoms with van der Waals surface area (Å²) in [5.41, 5.74) is 0. The van der Waals surface area contributed by atoms with Crippen molar-refractivity contribution in [2.45, 2.75) is 264 Å². The fourth-order valence-corrected chi connectivity index (χ4v) is 8.67. The number of allylic oxidation sites excluding steroid dienone is 16. The third-order valence-corrected chi connectivity index (χ3v) is 13.4. The number of phosphoric ester groups is 1. The summed E-state index contributed by atoms with van der Waals surface area (Å²) in [6.45, 7) is 4.43. The van der Waals surface area contributed by atoms with Gasteiger partial charge in [0.2, 0.25) is 0 Å². The Hall–Kier alpha value is -3.60. The minimum Gasteiger partial charge on any atom is -0.462 e. The summed E-state index contributed by atoms with van der Waals surface area (Å²) in [6.07, 6.45) is 67.9. The zero-order valence-corrected chi connectivity index (χ0v) is 49.1. The maximum atomic E-state index is 12.9. The molecule has 12 heteroatoms. The van der Waals surface area contributed by atoms with E-state index in [9.17, 15) is 28.9 Å². The van der Waals surface area contributed by atoms with Crippen LogP contribution in [0.3, 0.4) is 0 Å². The molecule has 0 bridgehead atoms. The number of rotatable bonds is 55. The van der Waals surface area contributed by atoms with Crippen LogP contribution in [0.4, 0.5) is 0 Å². The number of hydrogen-bond acceptors (Lipinski definition) is 10. The molecule has 76 heavy (non-hydrogen) atoms. The van der Waals surface area contributed by atoms with Crippen LogP contribution in [0.15, 0.2) is 97.2 Å². The van der Waals surface area contributed by atoms with E-state index >= 15 is 0 Å². The second-order valence-electron chi connectivity index (χ2n) is 19.8. The van der Waals surface area contributed by atoms with Crippen molar-refractivity contribution < 1.29 is 52.2 Å². The number of carbonyl (C=O) groups is 3. The molecule has 0 aromatic carbocycles. The Morgan fingerprint density at radius 3 is 1.14 bits per heavy atom. The van der Waals surface area contributed by atoms with Crippen molar-refractivity contribution in [3.8, 4) is 0 Å². The zero-order valence-electron chi connectivity index (χ0n) is 48.2. The van der Waals surface area contributed by atoms with Gasteiger partial charge in [-0.2, -0.15) is 0 Å². The Bertz CT molecular complexity index is 1640. The van der Waals surface area contributed by atoms with Crippen molar-refractivity contribution in [2.75, 3.05) is 26.4 Å². The minimum absolute atomic E-state index is 0.0840. The first-order valence-corrected chi connectivity index (χ1v) is 31.6. The quantitative estimate of drug-likeness (QED) is 0.0197. The summed E-state index contributed by atoms with van der Waals surface area (Å²) >= 11 is 0. The largest absolute Gasteiger partial charge is 0.472 e. The molecular weight excluding hydrogens is 976 g/mol. The van der Waals surface area contributed by atoms with Crippen molar-refractivity contribution in [3.05, 3.63) is 97.2 Å². The van der Waals surface area contributed by atoms with Crippen molar-refractivity contribution in [2.24, 2.45) is 0 Å². The Morgan fingerprint density at radius 2 is 0.697 bits per heavy atom. The molecule has 0 rings (SSSR count). The van der Waals surface area contributed by atoms with E-state index in [0.717, 1.165) is 103 Å². The molecule has 3 unspecified atom stereocenters. The first-order valence-electron chi connectivity index (χ1n) is 30.1. The first kappa shape index (κ1) is 72.4. The number of esters is 3. The number of aliphatic hydroxyl groups is 1. The lowest BCUT2D eigenvalue weighted by atomic mass is 10.1. The van der Waals surface area contributed by atoms with E-state index in [4.69, 9.17) is 23.3 Å². The van der Waals surface area contributed by atoms with Crippen molar-refractivity contribution >= 4 is 25.7 Å². The average molecular weight is 1090 g/mol. The molecule has 0 aliphatic heterocycles. The van der Waals surface area contributed by atoms with Crippen LogP contribution >= 0.6 is 7.82 Å². The molecule has 3 atom stereocenters. The third kappa shape index (κ3) is 55.2. The van der Waals surface area contributed by atoms with Gasteiger partial charge in [-0.15, -0.1) is 0 Å². The number of aliphatic hydroxyl groups excluding tert-OH is 1. The van der Waals surface area contributed by atoms with Crippen molar-refractivity contribution in [1.82, 2.24) is 0 Å². The second kappa shape index (κ2) is 57.6. The van der Waals surface area contributed by atoms with E-state index in [1.54, 1.807) is 0 Å². The average Bonchev–Trinajstić information content (AvgIpc) is 3.41. The van der Waals surface area contributed by atoms with Gasteiger partial charge in [0.1, 0.15) is 12.7 Å². The number of phosphoric acid groups is 1. The van der Waals surface area contributed by atoms with Crippen LogP contribution in [0.5, 0.6) is 0 Å². The van der Waals surface area contributed by atoms with Crippen LogP contribution in [0.25, 0.3) is 0 Å². The second-order valence-corrected chi connectivity index (χ2v) is 21.2. The SMILES string of the molecule is CC/C=C\C/C=C\C/C=C\C/C=C\C/C=C\CCCC(=O)OC(COC(=O)CCCCCCCCC/C=C\CCCCCCCC)COP(=O)(O)OCC(CO)OC(=O)CCCCCCC/C=C\C/C=C\CCCCC. The van der Waals surface area contributed by atoms with Crippen LogP contribution in [-0.2, 0) is 42.2 Å². The van der Waals surface area contributed by atoms with Crippen LogP contribution in [-0.4, -0.2) is 66.5 Å². The zero-order chi connectivity index (χ0) is 55.5. The fraction of sp³-hybridized carbons (Fsp3) is 0.703. The summed E-state index contributed by atoms with van der Waals surface area (Å²) in [6, 6.07) is 0. The van der Waals surface area contributed by atoms with Crippen LogP contribution < -0.4 is 0 Å². The molecule has 0 spiro atoms. The smallest absolute Gasteiger partial charge is 0.462 e. The molecule has 0 aromatic heterocycles. The van der Waals surface area contributed by atoms with E-state index in [1.165, 1.54) is 83.5 Å². The molecule has 11 nitrogen and oxygen atoms in total. The standard InChI is InChI=1S/C64H109O11P/c1-4-7-10-13-16-19-22-25-28-30-33-35-38-41-44-47-50-53-62(66)71-57-61(75-64(68)55-52-49-46-43-40-37-34-31-29-26-23-20-17-14-11-8-5-2)59-73-76(69,70)72-58-60(56-65)74-63(67)54-51-48-45-42-39-36-32-27-24-21-18-15-12-9-6-3/h8,11,17-18,20-21,25-29,32,34,37,43,46,60-61,65H,4-7,9-10,12-16,19,22-24,30-31,33,35-36,38-42,44-45,47-59H2,1-3H3,(H,69,70)/b11-8-,20-17-,21-18-,28-25-,29-26-,32-27-,37-34-,46-43-. The Kier molecular flexibility index (Phi) is 54.8. The Balaban J connectivity index is 4.82. The molecule has 0 saturated heterocycles. The van der Waals surface area contributed by atoms with E-state index < -0.39 is 57.8 Å². The molecular formula is C64H109O11P. The molecule has 436 valence electrons. The van der Waals surface area contributed by atoms with Crippen LogP contribution in [0.2, 0.25) is 0 Å². The Morgan fingerprint density at radius 1 is 0.382 bits per heavy atom. The molecule has 0 aliphatic rings. The summed E-state index contributed by atoms with van der Waals surface area (Å²) in [7, 11) is -4.77. The first-order chi connectivity index (χ1) is 37.2. The molecule has 0 heterocycles. The highest BCUT2D eigenvalue weighted by Gasteiger charge is 2.28. The van der Waals surface area contributed by atoms with Gasteiger partial charge < -0.3 is 24.2 Å². The van der Waals surface area contributed by atoms with E-state index in [2.05, 4.69) is 106 Å². The highest BCUT2D eigenvalue weighted by atomic mass is 31.2. The summed E-state index contributed by atoms with van der Waals surface area (Å²) in [4.78, 5) is 48.6. The third-order valence-electron chi connectivity index (χ3n) is 12.5. The lowest BCUT2D eigenvalue weighted by molar-refractivity contribution is -0.161. The monoisotopic (exact) mass is 1080 g/mol. The highest BCUT2D eigenvalue weighted by Crippen LogP contribution is 2.43. The number of ether oxygens (including phenoxy) is 3. The van der Waals surface area contributed by atoms with Gasteiger partial charge in [-0.05, 0) is 116 Å². The molecule has 0 fully saturated rings. The number of hydrogen-bond donors (Lipinski definition) is 2. The van der Waals surface area contributed by atoms with Crippen molar-refractivity contribution in [1.29, 1.82) is 0 Å². The lowest BCUT2D eigenvalue weighted by Gasteiger charge is -2.21. The summed E-state index contributed by atoms with van der Waals surface area (Å²) < 4.78 is 39.5. The van der Waals surface area contributed by atoms with Crippen LogP contribution in [0, 0.1) is 0 Å².